The van der Waals surface area contributed by atoms with Crippen LogP contribution in [0.5, 0.6) is 0 Å². The lowest BCUT2D eigenvalue weighted by Crippen LogP contribution is -2.55. The average Bonchev–Trinajstić information content (AvgIpc) is 2.57. The van der Waals surface area contributed by atoms with Gasteiger partial charge in [0.25, 0.3) is 0 Å². The monoisotopic (exact) mass is 352 g/mol. The first-order valence-corrected chi connectivity index (χ1v) is 8.88. The van der Waals surface area contributed by atoms with Crippen LogP contribution in [0.3, 0.4) is 0 Å². The van der Waals surface area contributed by atoms with Crippen molar-refractivity contribution in [3.05, 3.63) is 14.7 Å². The molecule has 0 radical (unpaired) electrons. The second kappa shape index (κ2) is 5.20. The van der Waals surface area contributed by atoms with E-state index >= 15 is 0 Å². The van der Waals surface area contributed by atoms with Crippen LogP contribution in [0.25, 0.3) is 0 Å². The van der Waals surface area contributed by atoms with Gasteiger partial charge in [0.15, 0.2) is 0 Å². The smallest absolute Gasteiger partial charge is 0.244 e. The van der Waals surface area contributed by atoms with Crippen molar-refractivity contribution >= 4 is 37.3 Å². The lowest BCUT2D eigenvalue weighted by Gasteiger charge is -2.35. The molecule has 1 aromatic heterocycles. The molecule has 1 fully saturated rings. The van der Waals surface area contributed by atoms with Crippen LogP contribution in [0.4, 0.5) is 0 Å². The van der Waals surface area contributed by atoms with Crippen LogP contribution in [-0.2, 0) is 10.0 Å². The molecule has 7 heteroatoms. The van der Waals surface area contributed by atoms with Gasteiger partial charge in [-0.25, -0.2) is 8.42 Å². The summed E-state index contributed by atoms with van der Waals surface area (Å²) in [6, 6.07) is 2.07. The van der Waals surface area contributed by atoms with Crippen LogP contribution in [0.2, 0.25) is 0 Å². The van der Waals surface area contributed by atoms with Gasteiger partial charge in [0.05, 0.1) is 8.68 Å². The molecule has 2 rings (SSSR count). The zero-order valence-electron chi connectivity index (χ0n) is 10.6. The number of piperazine rings is 1. The molecular formula is C11H17BrN2O2S2. The summed E-state index contributed by atoms with van der Waals surface area (Å²) in [4.78, 5) is 1.27. The Balaban J connectivity index is 2.34. The zero-order chi connectivity index (χ0) is 13.5. The summed E-state index contributed by atoms with van der Waals surface area (Å²) >= 11 is 4.80. The molecule has 0 bridgehead atoms. The van der Waals surface area contributed by atoms with E-state index in [0.29, 0.717) is 18.0 Å². The van der Waals surface area contributed by atoms with E-state index in [0.717, 1.165) is 8.66 Å². The van der Waals surface area contributed by atoms with Crippen molar-refractivity contribution in [2.45, 2.75) is 37.8 Å². The third-order valence-electron chi connectivity index (χ3n) is 2.98. The van der Waals surface area contributed by atoms with Gasteiger partial charge in [-0.3, -0.25) is 0 Å². The molecule has 2 heterocycles. The Morgan fingerprint density at radius 3 is 2.39 bits per heavy atom. The highest BCUT2D eigenvalue weighted by molar-refractivity contribution is 9.11. The maximum Gasteiger partial charge on any atom is 0.244 e. The minimum atomic E-state index is -3.36. The highest BCUT2D eigenvalue weighted by atomic mass is 79.9. The van der Waals surface area contributed by atoms with E-state index in [1.165, 1.54) is 11.3 Å². The number of nitrogens with zero attached hydrogens (tertiary/aromatic N) is 1. The number of halogens is 1. The normalized spacial score (nSPS) is 26.4. The van der Waals surface area contributed by atoms with Crippen molar-refractivity contribution in [3.8, 4) is 0 Å². The fourth-order valence-electron chi connectivity index (χ4n) is 2.30. The van der Waals surface area contributed by atoms with Crippen molar-refractivity contribution in [3.63, 3.8) is 0 Å². The molecule has 4 nitrogen and oxygen atoms in total. The summed E-state index contributed by atoms with van der Waals surface area (Å²) in [5, 5.41) is 3.34. The molecule has 0 saturated carbocycles. The van der Waals surface area contributed by atoms with Crippen LogP contribution in [0.1, 0.15) is 18.7 Å². The summed E-state index contributed by atoms with van der Waals surface area (Å²) in [6.45, 7) is 6.92. The molecule has 2 atom stereocenters. The SMILES string of the molecule is Cc1sc(Br)cc1S(=O)(=O)N1CC(C)NC(C)C1. The first kappa shape index (κ1) is 14.5. The molecule has 0 amide bonds. The van der Waals surface area contributed by atoms with Gasteiger partial charge in [0.1, 0.15) is 0 Å². The molecule has 1 saturated heterocycles. The second-order valence-electron chi connectivity index (χ2n) is 4.76. The molecule has 1 N–H and O–H groups in total. The third-order valence-corrected chi connectivity index (χ3v) is 6.62. The Kier molecular flexibility index (Phi) is 4.18. The molecule has 18 heavy (non-hydrogen) atoms. The topological polar surface area (TPSA) is 49.4 Å². The van der Waals surface area contributed by atoms with Crippen LogP contribution in [0.15, 0.2) is 14.7 Å². The van der Waals surface area contributed by atoms with Crippen LogP contribution < -0.4 is 5.32 Å². The number of thiophene rings is 1. The van der Waals surface area contributed by atoms with Gasteiger partial charge in [-0.05, 0) is 42.8 Å². The Bertz CT molecular complexity index is 531. The van der Waals surface area contributed by atoms with Crippen LogP contribution >= 0.6 is 27.3 Å². The number of aryl methyl sites for hydroxylation is 1. The first-order chi connectivity index (χ1) is 8.30. The molecule has 1 aliphatic rings. The molecule has 1 aromatic rings. The fraction of sp³-hybridized carbons (Fsp3) is 0.636. The highest BCUT2D eigenvalue weighted by Crippen LogP contribution is 2.32. The molecule has 2 unspecified atom stereocenters. The minimum Gasteiger partial charge on any atom is -0.309 e. The summed E-state index contributed by atoms with van der Waals surface area (Å²) in [5.41, 5.74) is 0. The average molecular weight is 353 g/mol. The number of nitrogens with one attached hydrogen (secondary N) is 1. The van der Waals surface area contributed by atoms with E-state index < -0.39 is 10.0 Å². The van der Waals surface area contributed by atoms with E-state index in [1.807, 2.05) is 20.8 Å². The minimum absolute atomic E-state index is 0.186. The quantitative estimate of drug-likeness (QED) is 0.887. The Morgan fingerprint density at radius 2 is 1.94 bits per heavy atom. The maximum atomic E-state index is 12.6. The summed E-state index contributed by atoms with van der Waals surface area (Å²) in [6.07, 6.45) is 0. The van der Waals surface area contributed by atoms with Crippen LogP contribution in [0, 0.1) is 6.92 Å². The van der Waals surface area contributed by atoms with E-state index in [9.17, 15) is 8.42 Å². The lowest BCUT2D eigenvalue weighted by atomic mass is 10.2. The maximum absolute atomic E-state index is 12.6. The summed E-state index contributed by atoms with van der Waals surface area (Å²) < 4.78 is 27.6. The number of hydrogen-bond acceptors (Lipinski definition) is 4. The van der Waals surface area contributed by atoms with E-state index in [-0.39, 0.29) is 12.1 Å². The Hall–Kier alpha value is 0.0500. The standard InChI is InChI=1S/C11H17BrN2O2S2/c1-7-5-14(6-8(2)13-7)18(15,16)10-4-11(12)17-9(10)3/h4,7-8,13H,5-6H2,1-3H3. The van der Waals surface area contributed by atoms with E-state index in [1.54, 1.807) is 10.4 Å². The predicted octanol–water partition coefficient (Wildman–Crippen LogP) is 2.19. The molecular weight excluding hydrogens is 336 g/mol. The van der Waals surface area contributed by atoms with Crippen LogP contribution in [-0.4, -0.2) is 37.9 Å². The van der Waals surface area contributed by atoms with E-state index in [2.05, 4.69) is 21.2 Å². The lowest BCUT2D eigenvalue weighted by molar-refractivity contribution is 0.263. The predicted molar refractivity (Wildman–Crippen MR) is 77.6 cm³/mol. The number of hydrogen-bond donors (Lipinski definition) is 1. The Morgan fingerprint density at radius 1 is 1.39 bits per heavy atom. The molecule has 102 valence electrons. The zero-order valence-corrected chi connectivity index (χ0v) is 13.8. The molecule has 0 aliphatic carbocycles. The molecule has 0 aromatic carbocycles. The summed E-state index contributed by atoms with van der Waals surface area (Å²) in [7, 11) is -3.36. The van der Waals surface area contributed by atoms with Crippen molar-refractivity contribution < 1.29 is 8.42 Å². The summed E-state index contributed by atoms with van der Waals surface area (Å²) in [5.74, 6) is 0. The molecule has 1 aliphatic heterocycles. The fourth-order valence-corrected chi connectivity index (χ4v) is 6.30. The van der Waals surface area contributed by atoms with Gasteiger partial charge in [0.2, 0.25) is 10.0 Å². The largest absolute Gasteiger partial charge is 0.309 e. The van der Waals surface area contributed by atoms with Gasteiger partial charge in [-0.2, -0.15) is 4.31 Å². The second-order valence-corrected chi connectivity index (χ2v) is 9.30. The Labute approximate surface area is 121 Å². The van der Waals surface area contributed by atoms with Crippen molar-refractivity contribution in [2.24, 2.45) is 0 Å². The third kappa shape index (κ3) is 2.80. The van der Waals surface area contributed by atoms with Gasteiger partial charge in [0, 0.05) is 30.1 Å². The molecule has 0 spiro atoms. The van der Waals surface area contributed by atoms with Gasteiger partial charge in [-0.1, -0.05) is 0 Å². The van der Waals surface area contributed by atoms with Crippen molar-refractivity contribution in [2.75, 3.05) is 13.1 Å². The first-order valence-electron chi connectivity index (χ1n) is 5.83. The number of sulfonamides is 1. The van der Waals surface area contributed by atoms with E-state index in [4.69, 9.17) is 0 Å². The van der Waals surface area contributed by atoms with Gasteiger partial charge < -0.3 is 5.32 Å². The van der Waals surface area contributed by atoms with Gasteiger partial charge in [-0.15, -0.1) is 11.3 Å². The number of rotatable bonds is 2. The van der Waals surface area contributed by atoms with Crippen molar-refractivity contribution in [1.29, 1.82) is 0 Å². The highest BCUT2D eigenvalue weighted by Gasteiger charge is 2.32. The van der Waals surface area contributed by atoms with Crippen molar-refractivity contribution in [1.82, 2.24) is 9.62 Å². The van der Waals surface area contributed by atoms with Gasteiger partial charge >= 0.3 is 0 Å².